The molecule has 0 fully saturated rings. The second-order valence-corrected chi connectivity index (χ2v) is 5.46. The van der Waals surface area contributed by atoms with E-state index >= 15 is 0 Å². The number of alkyl halides is 1. The van der Waals surface area contributed by atoms with E-state index in [9.17, 15) is 0 Å². The fourth-order valence-corrected chi connectivity index (χ4v) is 2.22. The number of nitrogens with zero attached hydrogens (tertiary/aromatic N) is 2. The molecule has 0 aliphatic rings. The number of hydrogen-bond donors (Lipinski definition) is 0. The van der Waals surface area contributed by atoms with E-state index in [2.05, 4.69) is 35.9 Å². The van der Waals surface area contributed by atoms with E-state index in [1.165, 1.54) is 0 Å². The van der Waals surface area contributed by atoms with E-state index in [1.54, 1.807) is 6.20 Å². The Labute approximate surface area is 125 Å². The molecule has 0 bridgehead atoms. The Morgan fingerprint density at radius 2 is 2.00 bits per heavy atom. The van der Waals surface area contributed by atoms with Gasteiger partial charge >= 0.3 is 6.01 Å². The van der Waals surface area contributed by atoms with Gasteiger partial charge in [0, 0.05) is 17.5 Å². The molecule has 0 aliphatic heterocycles. The number of benzene rings is 1. The van der Waals surface area contributed by atoms with Gasteiger partial charge in [0.2, 0.25) is 0 Å². The van der Waals surface area contributed by atoms with Crippen LogP contribution < -0.4 is 4.74 Å². The van der Waals surface area contributed by atoms with Crippen molar-refractivity contribution < 1.29 is 4.74 Å². The van der Waals surface area contributed by atoms with Gasteiger partial charge in [-0.15, -0.1) is 11.6 Å². The molecule has 0 atom stereocenters. The number of aromatic nitrogens is 2. The Kier molecular flexibility index (Phi) is 4.61. The largest absolute Gasteiger partial charge is 0.424 e. The van der Waals surface area contributed by atoms with Crippen molar-refractivity contribution in [2.24, 2.45) is 0 Å². The summed E-state index contributed by atoms with van der Waals surface area (Å²) in [5.74, 6) is 1.61. The maximum absolute atomic E-state index is 5.87. The summed E-state index contributed by atoms with van der Waals surface area (Å²) >= 11 is 5.81. The summed E-state index contributed by atoms with van der Waals surface area (Å²) in [6.45, 7) is 8.23. The van der Waals surface area contributed by atoms with Gasteiger partial charge in [0.1, 0.15) is 5.75 Å². The molecule has 1 heterocycles. The summed E-state index contributed by atoms with van der Waals surface area (Å²) in [5, 5.41) is 0. The molecule has 106 valence electrons. The molecular formula is C16H19ClN2O. The topological polar surface area (TPSA) is 35.0 Å². The first-order valence-electron chi connectivity index (χ1n) is 6.68. The standard InChI is InChI=1S/C16H19ClN2O/c1-10(2)14-6-5-11(3)7-15(14)20-16-18-9-13(8-17)12(4)19-16/h5-7,9-10H,8H2,1-4H3. The third kappa shape index (κ3) is 3.28. The summed E-state index contributed by atoms with van der Waals surface area (Å²) in [4.78, 5) is 8.57. The van der Waals surface area contributed by atoms with Crippen molar-refractivity contribution in [2.45, 2.75) is 39.5 Å². The van der Waals surface area contributed by atoms with Crippen molar-refractivity contribution in [3.05, 3.63) is 46.8 Å². The van der Waals surface area contributed by atoms with Gasteiger partial charge in [-0.3, -0.25) is 0 Å². The first-order valence-corrected chi connectivity index (χ1v) is 7.21. The molecule has 3 nitrogen and oxygen atoms in total. The lowest BCUT2D eigenvalue weighted by Gasteiger charge is -2.14. The van der Waals surface area contributed by atoms with Crippen LogP contribution in [0, 0.1) is 13.8 Å². The molecular weight excluding hydrogens is 272 g/mol. The predicted molar refractivity (Wildman–Crippen MR) is 81.7 cm³/mol. The average molecular weight is 291 g/mol. The van der Waals surface area contributed by atoms with E-state index in [0.29, 0.717) is 17.8 Å². The van der Waals surface area contributed by atoms with Crippen molar-refractivity contribution >= 4 is 11.6 Å². The molecule has 20 heavy (non-hydrogen) atoms. The average Bonchev–Trinajstić information content (AvgIpc) is 2.38. The molecule has 2 aromatic rings. The molecule has 0 aliphatic carbocycles. The van der Waals surface area contributed by atoms with Gasteiger partial charge in [0.25, 0.3) is 0 Å². The molecule has 1 aromatic heterocycles. The number of ether oxygens (including phenoxy) is 1. The van der Waals surface area contributed by atoms with Crippen molar-refractivity contribution in [1.82, 2.24) is 9.97 Å². The first kappa shape index (κ1) is 14.8. The molecule has 0 saturated heterocycles. The van der Waals surface area contributed by atoms with Crippen LogP contribution in [0.1, 0.15) is 42.1 Å². The third-order valence-corrected chi connectivity index (χ3v) is 3.48. The SMILES string of the molecule is Cc1ccc(C(C)C)c(Oc2ncc(CCl)c(C)n2)c1. The van der Waals surface area contributed by atoms with Crippen LogP contribution in [-0.4, -0.2) is 9.97 Å². The van der Waals surface area contributed by atoms with Gasteiger partial charge in [-0.05, 0) is 37.0 Å². The van der Waals surface area contributed by atoms with Gasteiger partial charge in [-0.2, -0.15) is 4.98 Å². The highest BCUT2D eigenvalue weighted by Crippen LogP contribution is 2.30. The number of rotatable bonds is 4. The molecule has 4 heteroatoms. The Morgan fingerprint density at radius 1 is 1.25 bits per heavy atom. The van der Waals surface area contributed by atoms with Crippen LogP contribution in [0.3, 0.4) is 0 Å². The van der Waals surface area contributed by atoms with Gasteiger partial charge in [-0.1, -0.05) is 26.0 Å². The Bertz CT molecular complexity index is 611. The van der Waals surface area contributed by atoms with Gasteiger partial charge in [0.05, 0.1) is 5.88 Å². The molecule has 1 aromatic carbocycles. The molecule has 0 N–H and O–H groups in total. The highest BCUT2D eigenvalue weighted by Gasteiger charge is 2.11. The van der Waals surface area contributed by atoms with Crippen LogP contribution in [0.5, 0.6) is 11.8 Å². The monoisotopic (exact) mass is 290 g/mol. The van der Waals surface area contributed by atoms with Gasteiger partial charge < -0.3 is 4.74 Å². The zero-order chi connectivity index (χ0) is 14.7. The Morgan fingerprint density at radius 3 is 2.60 bits per heavy atom. The van der Waals surface area contributed by atoms with E-state index in [-0.39, 0.29) is 0 Å². The first-order chi connectivity index (χ1) is 9.51. The zero-order valence-corrected chi connectivity index (χ0v) is 13.0. The number of hydrogen-bond acceptors (Lipinski definition) is 3. The van der Waals surface area contributed by atoms with E-state index in [1.807, 2.05) is 19.9 Å². The van der Waals surface area contributed by atoms with Crippen LogP contribution in [0.4, 0.5) is 0 Å². The zero-order valence-electron chi connectivity index (χ0n) is 12.3. The molecule has 0 spiro atoms. The minimum Gasteiger partial charge on any atom is -0.424 e. The lowest BCUT2D eigenvalue weighted by Crippen LogP contribution is -2.00. The lowest BCUT2D eigenvalue weighted by molar-refractivity contribution is 0.432. The second kappa shape index (κ2) is 6.23. The van der Waals surface area contributed by atoms with Crippen LogP contribution in [0.15, 0.2) is 24.4 Å². The lowest BCUT2D eigenvalue weighted by atomic mass is 10.0. The minimum absolute atomic E-state index is 0.365. The summed E-state index contributed by atoms with van der Waals surface area (Å²) in [6, 6.07) is 6.56. The van der Waals surface area contributed by atoms with Crippen LogP contribution in [0.25, 0.3) is 0 Å². The molecule has 0 radical (unpaired) electrons. The van der Waals surface area contributed by atoms with Crippen LogP contribution in [-0.2, 0) is 5.88 Å². The number of halogens is 1. The maximum atomic E-state index is 5.87. The summed E-state index contributed by atoms with van der Waals surface area (Å²) in [6.07, 6.45) is 1.72. The predicted octanol–water partition coefficient (Wildman–Crippen LogP) is 4.75. The van der Waals surface area contributed by atoms with Crippen molar-refractivity contribution in [1.29, 1.82) is 0 Å². The van der Waals surface area contributed by atoms with Crippen molar-refractivity contribution in [3.63, 3.8) is 0 Å². The quantitative estimate of drug-likeness (QED) is 0.762. The van der Waals surface area contributed by atoms with Gasteiger partial charge in [-0.25, -0.2) is 4.98 Å². The van der Waals surface area contributed by atoms with Crippen LogP contribution in [0.2, 0.25) is 0 Å². The second-order valence-electron chi connectivity index (χ2n) is 5.19. The van der Waals surface area contributed by atoms with E-state index in [4.69, 9.17) is 16.3 Å². The van der Waals surface area contributed by atoms with Crippen molar-refractivity contribution in [2.75, 3.05) is 0 Å². The van der Waals surface area contributed by atoms with E-state index in [0.717, 1.165) is 28.1 Å². The summed E-state index contributed by atoms with van der Waals surface area (Å²) in [7, 11) is 0. The van der Waals surface area contributed by atoms with E-state index < -0.39 is 0 Å². The summed E-state index contributed by atoms with van der Waals surface area (Å²) < 4.78 is 5.87. The number of aryl methyl sites for hydroxylation is 2. The Balaban J connectivity index is 2.34. The molecule has 0 unspecified atom stereocenters. The highest BCUT2D eigenvalue weighted by molar-refractivity contribution is 6.17. The smallest absolute Gasteiger partial charge is 0.322 e. The van der Waals surface area contributed by atoms with Crippen LogP contribution >= 0.6 is 11.6 Å². The normalized spacial score (nSPS) is 10.9. The fraction of sp³-hybridized carbons (Fsp3) is 0.375. The van der Waals surface area contributed by atoms with Gasteiger partial charge in [0.15, 0.2) is 0 Å². The third-order valence-electron chi connectivity index (χ3n) is 3.20. The minimum atomic E-state index is 0.365. The highest BCUT2D eigenvalue weighted by atomic mass is 35.5. The fourth-order valence-electron chi connectivity index (χ4n) is 1.96. The molecule has 0 amide bonds. The molecule has 2 rings (SSSR count). The molecule has 0 saturated carbocycles. The van der Waals surface area contributed by atoms with Crippen molar-refractivity contribution in [3.8, 4) is 11.8 Å². The maximum Gasteiger partial charge on any atom is 0.322 e. The summed E-state index contributed by atoms with van der Waals surface area (Å²) in [5.41, 5.74) is 4.08. The Hall–Kier alpha value is -1.61.